The van der Waals surface area contributed by atoms with Crippen LogP contribution in [0.2, 0.25) is 0 Å². The van der Waals surface area contributed by atoms with Crippen molar-refractivity contribution in [1.82, 2.24) is 4.98 Å². The van der Waals surface area contributed by atoms with Crippen LogP contribution < -0.4 is 4.74 Å². The zero-order chi connectivity index (χ0) is 15.7. The van der Waals surface area contributed by atoms with Crippen LogP contribution in [0.4, 0.5) is 26.3 Å². The molecule has 0 amide bonds. The summed E-state index contributed by atoms with van der Waals surface area (Å²) in [5.41, 5.74) is -2.25. The molecule has 20 heavy (non-hydrogen) atoms. The summed E-state index contributed by atoms with van der Waals surface area (Å²) in [7, 11) is 0. The smallest absolute Gasteiger partial charge is 0.481 e. The van der Waals surface area contributed by atoms with E-state index in [4.69, 9.17) is 5.11 Å². The summed E-state index contributed by atoms with van der Waals surface area (Å²) in [5, 5.41) is 8.53. The van der Waals surface area contributed by atoms with E-state index in [1.165, 1.54) is 22.6 Å². The predicted octanol–water partition coefficient (Wildman–Crippen LogP) is 3.23. The third-order valence-electron chi connectivity index (χ3n) is 1.90. The second kappa shape index (κ2) is 5.61. The van der Waals surface area contributed by atoms with Crippen molar-refractivity contribution < 1.29 is 41.0 Å². The molecule has 0 aliphatic rings. The molecule has 4 nitrogen and oxygen atoms in total. The number of carbonyl (C=O) groups is 1. The largest absolute Gasteiger partial charge is 0.574 e. The van der Waals surface area contributed by atoms with Crippen molar-refractivity contribution in [2.24, 2.45) is 0 Å². The van der Waals surface area contributed by atoms with E-state index >= 15 is 0 Å². The molecule has 0 radical (unpaired) electrons. The van der Waals surface area contributed by atoms with Gasteiger partial charge in [-0.25, -0.2) is 4.98 Å². The Kier molecular flexibility index (Phi) is 4.71. The van der Waals surface area contributed by atoms with Crippen molar-refractivity contribution in [1.29, 1.82) is 0 Å². The van der Waals surface area contributed by atoms with Gasteiger partial charge in [-0.2, -0.15) is 13.2 Å². The summed E-state index contributed by atoms with van der Waals surface area (Å²) in [4.78, 5) is 13.7. The van der Waals surface area contributed by atoms with Gasteiger partial charge in [-0.1, -0.05) is 0 Å². The van der Waals surface area contributed by atoms with Crippen molar-refractivity contribution in [3.8, 4) is 5.88 Å². The highest BCUT2D eigenvalue weighted by molar-refractivity contribution is 14.1. The Morgan fingerprint density at radius 2 is 1.85 bits per heavy atom. The minimum atomic E-state index is -5.20. The van der Waals surface area contributed by atoms with Crippen LogP contribution in [0.3, 0.4) is 0 Å². The molecule has 1 aromatic rings. The average Bonchev–Trinajstić information content (AvgIpc) is 2.16. The summed E-state index contributed by atoms with van der Waals surface area (Å²) in [6.45, 7) is 0. The Morgan fingerprint density at radius 1 is 1.30 bits per heavy atom. The molecule has 1 N–H and O–H groups in total. The highest BCUT2D eigenvalue weighted by atomic mass is 127. The molecule has 1 rings (SSSR count). The highest BCUT2D eigenvalue weighted by Gasteiger charge is 2.38. The molecular formula is C9H4F6INO3. The summed E-state index contributed by atoms with van der Waals surface area (Å²) in [6, 6.07) is 0.0218. The van der Waals surface area contributed by atoms with Crippen LogP contribution in [0, 0.1) is 3.70 Å². The van der Waals surface area contributed by atoms with Gasteiger partial charge < -0.3 is 9.84 Å². The first-order valence-electron chi connectivity index (χ1n) is 4.64. The van der Waals surface area contributed by atoms with Gasteiger partial charge in [-0.05, 0) is 22.6 Å². The summed E-state index contributed by atoms with van der Waals surface area (Å²) < 4.78 is 76.9. The zero-order valence-electron chi connectivity index (χ0n) is 9.14. The lowest BCUT2D eigenvalue weighted by molar-refractivity contribution is -0.276. The van der Waals surface area contributed by atoms with Crippen LogP contribution in [0.15, 0.2) is 6.07 Å². The number of carboxylic acid groups (broad SMARTS) is 1. The topological polar surface area (TPSA) is 59.4 Å². The van der Waals surface area contributed by atoms with E-state index in [0.717, 1.165) is 0 Å². The van der Waals surface area contributed by atoms with Gasteiger partial charge in [0.15, 0.2) is 0 Å². The van der Waals surface area contributed by atoms with Crippen LogP contribution in [0.1, 0.15) is 11.1 Å². The van der Waals surface area contributed by atoms with Gasteiger partial charge in [0.2, 0.25) is 5.88 Å². The van der Waals surface area contributed by atoms with Gasteiger partial charge in [0.25, 0.3) is 0 Å². The fourth-order valence-corrected chi connectivity index (χ4v) is 1.98. The molecule has 0 aliphatic heterocycles. The molecule has 0 aliphatic carbocycles. The van der Waals surface area contributed by atoms with E-state index < -0.39 is 45.6 Å². The Bertz CT molecular complexity index is 528. The number of halogens is 7. The van der Waals surface area contributed by atoms with Gasteiger partial charge in [0, 0.05) is 11.6 Å². The highest BCUT2D eigenvalue weighted by Crippen LogP contribution is 2.36. The fourth-order valence-electron chi connectivity index (χ4n) is 1.26. The number of nitrogens with zero attached hydrogens (tertiary/aromatic N) is 1. The normalized spacial score (nSPS) is 12.3. The monoisotopic (exact) mass is 415 g/mol. The van der Waals surface area contributed by atoms with Crippen molar-refractivity contribution >= 4 is 28.6 Å². The number of aromatic nitrogens is 1. The fraction of sp³-hybridized carbons (Fsp3) is 0.333. The third kappa shape index (κ3) is 4.68. The molecule has 0 unspecified atom stereocenters. The number of pyridine rings is 1. The van der Waals surface area contributed by atoms with E-state index in [0.29, 0.717) is 0 Å². The SMILES string of the molecule is O=C(O)Cc1c(C(F)(F)F)cc(OC(F)(F)F)nc1I. The minimum Gasteiger partial charge on any atom is -0.481 e. The number of rotatable bonds is 3. The molecule has 0 bridgehead atoms. The molecule has 112 valence electrons. The van der Waals surface area contributed by atoms with Crippen molar-refractivity contribution in [2.45, 2.75) is 19.0 Å². The summed E-state index contributed by atoms with van der Waals surface area (Å²) in [5.74, 6) is -2.87. The molecule has 1 aromatic heterocycles. The maximum Gasteiger partial charge on any atom is 0.574 e. The van der Waals surface area contributed by atoms with Crippen LogP contribution in [-0.2, 0) is 17.4 Å². The minimum absolute atomic E-state index is 0.0218. The standard InChI is InChI=1S/C9H4F6INO3/c10-8(11,12)4-2-5(20-9(13,14)15)17-7(16)3(4)1-6(18)19/h2H,1H2,(H,18,19). The lowest BCUT2D eigenvalue weighted by Crippen LogP contribution is -2.21. The van der Waals surface area contributed by atoms with Gasteiger partial charge >= 0.3 is 18.5 Å². The van der Waals surface area contributed by atoms with Crippen LogP contribution in [0.5, 0.6) is 5.88 Å². The van der Waals surface area contributed by atoms with Gasteiger partial charge in [0.1, 0.15) is 3.70 Å². The second-order valence-electron chi connectivity index (χ2n) is 3.39. The number of ether oxygens (including phenoxy) is 1. The number of hydrogen-bond donors (Lipinski definition) is 1. The Morgan fingerprint density at radius 3 is 2.25 bits per heavy atom. The van der Waals surface area contributed by atoms with E-state index in [1.54, 1.807) is 0 Å². The predicted molar refractivity (Wildman–Crippen MR) is 60.0 cm³/mol. The molecule has 0 saturated carbocycles. The number of carboxylic acids is 1. The molecule has 0 aromatic carbocycles. The van der Waals surface area contributed by atoms with E-state index in [-0.39, 0.29) is 6.07 Å². The first kappa shape index (κ1) is 16.8. The lowest BCUT2D eigenvalue weighted by Gasteiger charge is -2.15. The Labute approximate surface area is 120 Å². The summed E-state index contributed by atoms with van der Waals surface area (Å²) in [6.07, 6.45) is -11.3. The second-order valence-corrected chi connectivity index (χ2v) is 4.42. The Balaban J connectivity index is 3.37. The number of aliphatic carboxylic acids is 1. The maximum atomic E-state index is 12.7. The van der Waals surface area contributed by atoms with Crippen LogP contribution in [0.25, 0.3) is 0 Å². The molecule has 0 fully saturated rings. The lowest BCUT2D eigenvalue weighted by atomic mass is 10.1. The quantitative estimate of drug-likeness (QED) is 0.468. The van der Waals surface area contributed by atoms with E-state index in [2.05, 4.69) is 9.72 Å². The van der Waals surface area contributed by atoms with Crippen LogP contribution in [-0.4, -0.2) is 22.4 Å². The molecule has 0 saturated heterocycles. The van der Waals surface area contributed by atoms with Gasteiger partial charge in [-0.3, -0.25) is 4.79 Å². The molecule has 11 heteroatoms. The first-order valence-corrected chi connectivity index (χ1v) is 5.72. The maximum absolute atomic E-state index is 12.7. The molecule has 1 heterocycles. The summed E-state index contributed by atoms with van der Waals surface area (Å²) >= 11 is 1.21. The van der Waals surface area contributed by atoms with Crippen molar-refractivity contribution in [3.05, 3.63) is 20.9 Å². The van der Waals surface area contributed by atoms with Crippen molar-refractivity contribution in [2.75, 3.05) is 0 Å². The number of alkyl halides is 6. The zero-order valence-corrected chi connectivity index (χ0v) is 11.3. The van der Waals surface area contributed by atoms with Gasteiger partial charge in [-0.15, -0.1) is 13.2 Å². The number of hydrogen-bond acceptors (Lipinski definition) is 3. The van der Waals surface area contributed by atoms with E-state index in [1.807, 2.05) is 0 Å². The third-order valence-corrected chi connectivity index (χ3v) is 2.80. The molecular weight excluding hydrogens is 411 g/mol. The first-order chi connectivity index (χ1) is 8.90. The van der Waals surface area contributed by atoms with Gasteiger partial charge in [0.05, 0.1) is 12.0 Å². The van der Waals surface area contributed by atoms with Crippen LogP contribution >= 0.6 is 22.6 Å². The van der Waals surface area contributed by atoms with Crippen molar-refractivity contribution in [3.63, 3.8) is 0 Å². The molecule has 0 atom stereocenters. The Hall–Kier alpha value is -1.27. The molecule has 0 spiro atoms. The average molecular weight is 415 g/mol. The van der Waals surface area contributed by atoms with E-state index in [9.17, 15) is 31.1 Å².